The second-order valence-electron chi connectivity index (χ2n) is 11.3. The van der Waals surface area contributed by atoms with E-state index in [4.69, 9.17) is 17.3 Å². The summed E-state index contributed by atoms with van der Waals surface area (Å²) < 4.78 is 0. The van der Waals surface area contributed by atoms with Crippen molar-refractivity contribution in [2.24, 2.45) is 29.4 Å². The van der Waals surface area contributed by atoms with Crippen molar-refractivity contribution in [1.82, 2.24) is 4.90 Å². The van der Waals surface area contributed by atoms with E-state index in [0.717, 1.165) is 31.3 Å². The third-order valence-electron chi connectivity index (χ3n) is 8.86. The van der Waals surface area contributed by atoms with E-state index in [1.54, 1.807) is 26.2 Å². The van der Waals surface area contributed by atoms with Crippen molar-refractivity contribution in [2.45, 2.75) is 50.2 Å². The van der Waals surface area contributed by atoms with Crippen LogP contribution in [0.25, 0.3) is 6.08 Å². The minimum absolute atomic E-state index is 0.00158. The molecule has 1 amide bonds. The van der Waals surface area contributed by atoms with Crippen molar-refractivity contribution < 1.29 is 34.2 Å². The molecule has 9 nitrogen and oxygen atoms in total. The number of amides is 1. The maximum atomic E-state index is 13.9. The number of primary amides is 1. The number of carbonyl (C=O) groups excluding carboxylic acids is 5. The van der Waals surface area contributed by atoms with E-state index in [2.05, 4.69) is 6.08 Å². The van der Waals surface area contributed by atoms with Crippen LogP contribution < -0.4 is 5.73 Å². The first-order chi connectivity index (χ1) is 18.4. The lowest BCUT2D eigenvalue weighted by atomic mass is 9.52. The Hall–Kier alpha value is -3.14. The Morgan fingerprint density at radius 3 is 2.49 bits per heavy atom. The zero-order chi connectivity index (χ0) is 28.4. The van der Waals surface area contributed by atoms with Gasteiger partial charge in [-0.25, -0.2) is 0 Å². The SMILES string of the molecule is CN(C)[C@H]1C(=O)C(C(N)=O)C(=O)[C@]2(O)C(=O)C3C(=O)c4c(O)ccc(/C=C(\Cl)C5=CCCCC5)c4C[C@@H]3C[C@H]12. The van der Waals surface area contributed by atoms with E-state index in [-0.39, 0.29) is 24.2 Å². The van der Waals surface area contributed by atoms with Crippen molar-refractivity contribution in [3.05, 3.63) is 45.5 Å². The lowest BCUT2D eigenvalue weighted by Gasteiger charge is -2.52. The molecule has 10 heteroatoms. The summed E-state index contributed by atoms with van der Waals surface area (Å²) in [5, 5.41) is 22.9. The average molecular weight is 555 g/mol. The van der Waals surface area contributed by atoms with Crippen LogP contribution in [0.3, 0.4) is 0 Å². The summed E-state index contributed by atoms with van der Waals surface area (Å²) in [5.74, 6) is -10.6. The molecule has 4 aliphatic rings. The number of fused-ring (bicyclic) bond motifs is 3. The molecule has 0 saturated heterocycles. The highest BCUT2D eigenvalue weighted by molar-refractivity contribution is 6.34. The maximum Gasteiger partial charge on any atom is 0.235 e. The van der Waals surface area contributed by atoms with E-state index < -0.39 is 64.4 Å². The van der Waals surface area contributed by atoms with Crippen molar-refractivity contribution in [1.29, 1.82) is 0 Å². The van der Waals surface area contributed by atoms with Gasteiger partial charge in [0.25, 0.3) is 0 Å². The highest BCUT2D eigenvalue weighted by atomic mass is 35.5. The number of carbonyl (C=O) groups is 5. The summed E-state index contributed by atoms with van der Waals surface area (Å²) in [7, 11) is 3.11. The van der Waals surface area contributed by atoms with Crippen molar-refractivity contribution >= 4 is 46.7 Å². The van der Waals surface area contributed by atoms with Crippen LogP contribution in [0, 0.1) is 23.7 Å². The number of phenols is 1. The summed E-state index contributed by atoms with van der Waals surface area (Å²) in [6.07, 6.45) is 7.95. The molecule has 2 fully saturated rings. The number of nitrogens with zero attached hydrogens (tertiary/aromatic N) is 1. The topological polar surface area (TPSA) is 155 Å². The first-order valence-electron chi connectivity index (χ1n) is 13.2. The fourth-order valence-corrected chi connectivity index (χ4v) is 7.34. The van der Waals surface area contributed by atoms with E-state index in [1.807, 2.05) is 0 Å². The molecular formula is C29H31ClN2O7. The Morgan fingerprint density at radius 2 is 1.87 bits per heavy atom. The van der Waals surface area contributed by atoms with Crippen LogP contribution in [0.2, 0.25) is 0 Å². The molecule has 1 aromatic carbocycles. The van der Waals surface area contributed by atoms with Crippen molar-refractivity contribution in [2.75, 3.05) is 14.1 Å². The number of halogens is 1. The van der Waals surface area contributed by atoms with Crippen LogP contribution in [-0.4, -0.2) is 69.9 Å². The van der Waals surface area contributed by atoms with Crippen molar-refractivity contribution in [3.63, 3.8) is 0 Å². The molecule has 0 heterocycles. The van der Waals surface area contributed by atoms with Gasteiger partial charge < -0.3 is 15.9 Å². The van der Waals surface area contributed by atoms with Gasteiger partial charge in [-0.3, -0.25) is 28.9 Å². The molecule has 2 saturated carbocycles. The Morgan fingerprint density at radius 1 is 1.15 bits per heavy atom. The van der Waals surface area contributed by atoms with Gasteiger partial charge in [0.05, 0.1) is 17.5 Å². The van der Waals surface area contributed by atoms with Gasteiger partial charge in [-0.2, -0.15) is 0 Å². The second kappa shape index (κ2) is 9.80. The number of hydrogen-bond acceptors (Lipinski definition) is 8. The van der Waals surface area contributed by atoms with Gasteiger partial charge in [0.2, 0.25) is 5.91 Å². The van der Waals surface area contributed by atoms with Crippen LogP contribution in [-0.2, 0) is 25.6 Å². The molecule has 5 rings (SSSR count). The van der Waals surface area contributed by atoms with Crippen LogP contribution in [0.1, 0.15) is 53.6 Å². The molecule has 0 aliphatic heterocycles. The Balaban J connectivity index is 1.61. The Kier molecular flexibility index (Phi) is 6.89. The Bertz CT molecular complexity index is 1380. The van der Waals surface area contributed by atoms with E-state index in [9.17, 15) is 34.2 Å². The lowest BCUT2D eigenvalue weighted by Crippen LogP contribution is -2.74. The minimum atomic E-state index is -2.74. The number of ketones is 4. The highest BCUT2D eigenvalue weighted by Gasteiger charge is 2.69. The van der Waals surface area contributed by atoms with Gasteiger partial charge in [0.1, 0.15) is 5.75 Å². The number of benzene rings is 1. The van der Waals surface area contributed by atoms with Crippen LogP contribution in [0.5, 0.6) is 5.75 Å². The van der Waals surface area contributed by atoms with Crippen LogP contribution >= 0.6 is 11.6 Å². The molecule has 4 N–H and O–H groups in total. The number of allylic oxidation sites excluding steroid dienone is 3. The van der Waals surface area contributed by atoms with E-state index >= 15 is 0 Å². The summed E-state index contributed by atoms with van der Waals surface area (Å²) in [6, 6.07) is 1.90. The molecule has 0 bridgehead atoms. The molecule has 0 radical (unpaired) electrons. The molecule has 1 aromatic rings. The predicted molar refractivity (Wildman–Crippen MR) is 142 cm³/mol. The van der Waals surface area contributed by atoms with Gasteiger partial charge in [0.15, 0.2) is 34.7 Å². The van der Waals surface area contributed by atoms with Crippen molar-refractivity contribution in [3.8, 4) is 5.75 Å². The molecule has 0 aromatic heterocycles. The van der Waals surface area contributed by atoms with Gasteiger partial charge in [-0.1, -0.05) is 23.7 Å². The van der Waals surface area contributed by atoms with Crippen LogP contribution in [0.4, 0.5) is 0 Å². The molecule has 39 heavy (non-hydrogen) atoms. The average Bonchev–Trinajstić information content (AvgIpc) is 2.88. The van der Waals surface area contributed by atoms with Gasteiger partial charge in [-0.05, 0) is 87.4 Å². The smallest absolute Gasteiger partial charge is 0.235 e. The molecule has 4 aliphatic carbocycles. The summed E-state index contributed by atoms with van der Waals surface area (Å²) in [4.78, 5) is 67.8. The summed E-state index contributed by atoms with van der Waals surface area (Å²) >= 11 is 6.65. The van der Waals surface area contributed by atoms with E-state index in [1.165, 1.54) is 11.0 Å². The zero-order valence-corrected chi connectivity index (χ0v) is 22.5. The number of aliphatic hydroxyl groups is 1. The Labute approximate surface area is 230 Å². The number of phenolic OH excluding ortho intramolecular Hbond substituents is 1. The largest absolute Gasteiger partial charge is 0.507 e. The standard InChI is InChI=1S/C29H31ClN2O7/c1-32(2)23-17-11-15-10-16-14(12-18(30)13-6-4-3-5-7-13)8-9-19(33)21(16)24(34)20(15)26(36)29(17,39)27(37)22(25(23)35)28(31)38/h6,8-9,12,15,17,20,22-23,33,39H,3-5,7,10-11H2,1-2H3,(H2,31,38)/b18-12-/t15-,17-,20?,22?,23-,29-/m1/s1. The van der Waals surface area contributed by atoms with Crippen LogP contribution in [0.15, 0.2) is 28.8 Å². The number of likely N-dealkylation sites (N-methyl/N-ethyl adjacent to an activating group) is 1. The third-order valence-corrected chi connectivity index (χ3v) is 9.21. The highest BCUT2D eigenvalue weighted by Crippen LogP contribution is 2.51. The summed E-state index contributed by atoms with van der Waals surface area (Å²) in [6.45, 7) is 0. The fourth-order valence-electron chi connectivity index (χ4n) is 7.05. The monoisotopic (exact) mass is 554 g/mol. The molecular weight excluding hydrogens is 524 g/mol. The normalized spacial score (nSPS) is 32.9. The molecule has 206 valence electrons. The van der Waals surface area contributed by atoms with Gasteiger partial charge >= 0.3 is 0 Å². The molecule has 2 unspecified atom stereocenters. The quantitative estimate of drug-likeness (QED) is 0.477. The lowest BCUT2D eigenvalue weighted by molar-refractivity contribution is -0.181. The number of Topliss-reactive ketones (excluding diaryl/α,β-unsaturated/α-hetero) is 4. The van der Waals surface area contributed by atoms with E-state index in [0.29, 0.717) is 16.2 Å². The second-order valence-corrected chi connectivity index (χ2v) is 11.7. The first-order valence-corrected chi connectivity index (χ1v) is 13.5. The number of aromatic hydroxyl groups is 1. The summed E-state index contributed by atoms with van der Waals surface area (Å²) in [5.41, 5.74) is 4.74. The van der Waals surface area contributed by atoms with Gasteiger partial charge in [0, 0.05) is 11.0 Å². The number of rotatable bonds is 4. The number of nitrogens with two attached hydrogens (primary N) is 1. The third kappa shape index (κ3) is 4.10. The maximum absolute atomic E-state index is 13.9. The predicted octanol–water partition coefficient (Wildman–Crippen LogP) is 1.95. The zero-order valence-electron chi connectivity index (χ0n) is 21.8. The first kappa shape index (κ1) is 27.4. The number of hydrogen-bond donors (Lipinski definition) is 3. The molecule has 0 spiro atoms. The fraction of sp³-hybridized carbons (Fsp3) is 0.483. The molecule has 6 atom stereocenters. The van der Waals surface area contributed by atoms with Gasteiger partial charge in [-0.15, -0.1) is 0 Å². The minimum Gasteiger partial charge on any atom is -0.507 e.